The Bertz CT molecular complexity index is 737. The van der Waals surface area contributed by atoms with Crippen LogP contribution in [-0.2, 0) is 0 Å². The number of nitrogens with zero attached hydrogens (tertiary/aromatic N) is 1. The number of aromatic nitrogens is 2. The minimum absolute atomic E-state index is 0.669. The van der Waals surface area contributed by atoms with Crippen LogP contribution < -0.4 is 0 Å². The summed E-state index contributed by atoms with van der Waals surface area (Å²) in [5.74, 6) is 0.778. The fourth-order valence-corrected chi connectivity index (χ4v) is 2.91. The van der Waals surface area contributed by atoms with Crippen molar-refractivity contribution >= 4 is 54.5 Å². The van der Waals surface area contributed by atoms with E-state index in [0.717, 1.165) is 31.4 Å². The number of nitrogens with one attached hydrogen (secondary N) is 1. The van der Waals surface area contributed by atoms with E-state index < -0.39 is 0 Å². The van der Waals surface area contributed by atoms with Crippen LogP contribution in [0.5, 0.6) is 0 Å². The third-order valence-electron chi connectivity index (χ3n) is 2.63. The van der Waals surface area contributed by atoms with Crippen molar-refractivity contribution in [3.05, 3.63) is 50.4 Å². The second-order valence-electron chi connectivity index (χ2n) is 3.87. The number of hydrogen-bond acceptors (Lipinski definition) is 1. The summed E-state index contributed by atoms with van der Waals surface area (Å²) in [6.07, 6.45) is 0. The molecule has 3 aromatic rings. The van der Waals surface area contributed by atoms with Gasteiger partial charge in [0.2, 0.25) is 0 Å². The lowest BCUT2D eigenvalue weighted by atomic mass is 10.2. The lowest BCUT2D eigenvalue weighted by Gasteiger charge is -2.00. The summed E-state index contributed by atoms with van der Waals surface area (Å²) in [6, 6.07) is 11.7. The van der Waals surface area contributed by atoms with Gasteiger partial charge in [0.1, 0.15) is 5.82 Å². The highest BCUT2D eigenvalue weighted by molar-refractivity contribution is 9.10. The standard InChI is InChI=1S/C13H7Br2ClN2/c14-7-1-3-9(10(16)5-7)13-17-11-4-2-8(15)6-12(11)18-13/h1-6H,(H,17,18). The maximum atomic E-state index is 6.22. The van der Waals surface area contributed by atoms with Crippen LogP contribution >= 0.6 is 43.5 Å². The highest BCUT2D eigenvalue weighted by Gasteiger charge is 2.09. The van der Waals surface area contributed by atoms with E-state index in [1.807, 2.05) is 36.4 Å². The quantitative estimate of drug-likeness (QED) is 0.595. The van der Waals surface area contributed by atoms with Gasteiger partial charge in [-0.25, -0.2) is 4.98 Å². The van der Waals surface area contributed by atoms with Gasteiger partial charge in [-0.2, -0.15) is 0 Å². The van der Waals surface area contributed by atoms with Gasteiger partial charge < -0.3 is 4.98 Å². The van der Waals surface area contributed by atoms with Crippen LogP contribution in [0.3, 0.4) is 0 Å². The molecule has 0 fully saturated rings. The molecule has 3 rings (SSSR count). The van der Waals surface area contributed by atoms with Crippen LogP contribution in [0.2, 0.25) is 5.02 Å². The Labute approximate surface area is 126 Å². The van der Waals surface area contributed by atoms with Gasteiger partial charge >= 0.3 is 0 Å². The number of rotatable bonds is 1. The summed E-state index contributed by atoms with van der Waals surface area (Å²) < 4.78 is 1.97. The summed E-state index contributed by atoms with van der Waals surface area (Å²) in [6.45, 7) is 0. The van der Waals surface area contributed by atoms with Gasteiger partial charge in [-0.05, 0) is 36.4 Å². The predicted octanol–water partition coefficient (Wildman–Crippen LogP) is 5.41. The molecule has 0 radical (unpaired) electrons. The molecule has 0 saturated heterocycles. The number of H-pyrrole nitrogens is 1. The summed E-state index contributed by atoms with van der Waals surface area (Å²) in [5.41, 5.74) is 2.80. The van der Waals surface area contributed by atoms with Crippen LogP contribution in [0.1, 0.15) is 0 Å². The maximum Gasteiger partial charge on any atom is 0.139 e. The first-order valence-electron chi connectivity index (χ1n) is 5.24. The van der Waals surface area contributed by atoms with Crippen LogP contribution in [0.25, 0.3) is 22.4 Å². The summed E-state index contributed by atoms with van der Waals surface area (Å²) in [5, 5.41) is 0.669. The summed E-state index contributed by atoms with van der Waals surface area (Å²) in [4.78, 5) is 7.81. The SMILES string of the molecule is Clc1cc(Br)ccc1-c1nc2ccc(Br)cc2[nH]1. The molecule has 0 amide bonds. The zero-order chi connectivity index (χ0) is 12.7. The number of aromatic amines is 1. The minimum atomic E-state index is 0.669. The van der Waals surface area contributed by atoms with Crippen molar-refractivity contribution in [3.8, 4) is 11.4 Å². The van der Waals surface area contributed by atoms with Gasteiger partial charge in [0, 0.05) is 14.5 Å². The molecule has 0 unspecified atom stereocenters. The first-order valence-corrected chi connectivity index (χ1v) is 7.20. The fourth-order valence-electron chi connectivity index (χ4n) is 1.79. The van der Waals surface area contributed by atoms with E-state index in [9.17, 15) is 0 Å². The van der Waals surface area contributed by atoms with Gasteiger partial charge in [0.15, 0.2) is 0 Å². The molecule has 0 aliphatic carbocycles. The smallest absolute Gasteiger partial charge is 0.139 e. The largest absolute Gasteiger partial charge is 0.338 e. The molecule has 5 heteroatoms. The Kier molecular flexibility index (Phi) is 3.18. The average Bonchev–Trinajstić information content (AvgIpc) is 2.71. The van der Waals surface area contributed by atoms with Crippen molar-refractivity contribution in [1.29, 1.82) is 0 Å². The molecule has 1 aromatic heterocycles. The van der Waals surface area contributed by atoms with Gasteiger partial charge in [-0.3, -0.25) is 0 Å². The van der Waals surface area contributed by atoms with Crippen LogP contribution in [0.15, 0.2) is 45.3 Å². The fraction of sp³-hybridized carbons (Fsp3) is 0. The van der Waals surface area contributed by atoms with Crippen molar-refractivity contribution in [3.63, 3.8) is 0 Å². The lowest BCUT2D eigenvalue weighted by molar-refractivity contribution is 1.33. The third kappa shape index (κ3) is 2.20. The van der Waals surface area contributed by atoms with E-state index >= 15 is 0 Å². The number of halogens is 3. The second kappa shape index (κ2) is 4.68. The zero-order valence-electron chi connectivity index (χ0n) is 9.05. The molecule has 2 aromatic carbocycles. The van der Waals surface area contributed by atoms with Gasteiger partial charge in [-0.15, -0.1) is 0 Å². The Hall–Kier alpha value is -0.840. The Balaban J connectivity index is 2.19. The van der Waals surface area contributed by atoms with Crippen LogP contribution in [-0.4, -0.2) is 9.97 Å². The molecule has 18 heavy (non-hydrogen) atoms. The van der Waals surface area contributed by atoms with Crippen molar-refractivity contribution in [2.24, 2.45) is 0 Å². The van der Waals surface area contributed by atoms with E-state index in [2.05, 4.69) is 41.8 Å². The van der Waals surface area contributed by atoms with Gasteiger partial charge in [0.25, 0.3) is 0 Å². The molecule has 0 saturated carbocycles. The lowest BCUT2D eigenvalue weighted by Crippen LogP contribution is -1.81. The van der Waals surface area contributed by atoms with Gasteiger partial charge in [-0.1, -0.05) is 43.5 Å². The van der Waals surface area contributed by atoms with Crippen molar-refractivity contribution in [2.45, 2.75) is 0 Å². The van der Waals surface area contributed by atoms with Crippen molar-refractivity contribution in [2.75, 3.05) is 0 Å². The van der Waals surface area contributed by atoms with E-state index in [-0.39, 0.29) is 0 Å². The van der Waals surface area contributed by atoms with E-state index in [0.29, 0.717) is 5.02 Å². The highest BCUT2D eigenvalue weighted by Crippen LogP contribution is 2.30. The Morgan fingerprint density at radius 2 is 1.72 bits per heavy atom. The predicted molar refractivity (Wildman–Crippen MR) is 81.9 cm³/mol. The molecule has 0 aliphatic heterocycles. The average molecular weight is 386 g/mol. The van der Waals surface area contributed by atoms with E-state index in [1.54, 1.807) is 0 Å². The Morgan fingerprint density at radius 1 is 1.00 bits per heavy atom. The zero-order valence-corrected chi connectivity index (χ0v) is 13.0. The number of benzene rings is 2. The molecule has 0 spiro atoms. The summed E-state index contributed by atoms with van der Waals surface area (Å²) in [7, 11) is 0. The first-order chi connectivity index (χ1) is 8.63. The highest BCUT2D eigenvalue weighted by atomic mass is 79.9. The van der Waals surface area contributed by atoms with Gasteiger partial charge in [0.05, 0.1) is 16.1 Å². The minimum Gasteiger partial charge on any atom is -0.338 e. The molecular formula is C13H7Br2ClN2. The summed E-state index contributed by atoms with van der Waals surface area (Å²) >= 11 is 13.1. The topological polar surface area (TPSA) is 28.7 Å². The Morgan fingerprint density at radius 3 is 2.50 bits per heavy atom. The third-order valence-corrected chi connectivity index (χ3v) is 3.93. The van der Waals surface area contributed by atoms with E-state index in [4.69, 9.17) is 11.6 Å². The molecule has 90 valence electrons. The number of hydrogen-bond donors (Lipinski definition) is 1. The van der Waals surface area contributed by atoms with Crippen LogP contribution in [0, 0.1) is 0 Å². The maximum absolute atomic E-state index is 6.22. The molecule has 1 heterocycles. The molecule has 0 atom stereocenters. The number of imidazole rings is 1. The van der Waals surface area contributed by atoms with Crippen molar-refractivity contribution < 1.29 is 0 Å². The molecule has 0 bridgehead atoms. The number of fused-ring (bicyclic) bond motifs is 1. The normalized spacial score (nSPS) is 11.1. The molecular weight excluding hydrogens is 379 g/mol. The van der Waals surface area contributed by atoms with E-state index in [1.165, 1.54) is 0 Å². The first kappa shape index (κ1) is 12.2. The van der Waals surface area contributed by atoms with Crippen LogP contribution in [0.4, 0.5) is 0 Å². The monoisotopic (exact) mass is 384 g/mol. The molecule has 1 N–H and O–H groups in total. The van der Waals surface area contributed by atoms with Crippen molar-refractivity contribution in [1.82, 2.24) is 9.97 Å². The second-order valence-corrected chi connectivity index (χ2v) is 6.11. The molecule has 2 nitrogen and oxygen atoms in total. The molecule has 0 aliphatic rings.